The van der Waals surface area contributed by atoms with Crippen molar-refractivity contribution in [3.05, 3.63) is 60.9 Å². The van der Waals surface area contributed by atoms with E-state index in [0.29, 0.717) is 13.1 Å². The van der Waals surface area contributed by atoms with Crippen LogP contribution in [-0.2, 0) is 20.1 Å². The zero-order chi connectivity index (χ0) is 20.4. The van der Waals surface area contributed by atoms with Crippen LogP contribution in [0.25, 0.3) is 22.7 Å². The van der Waals surface area contributed by atoms with Gasteiger partial charge >= 0.3 is 0 Å². The Labute approximate surface area is 168 Å². The Balaban J connectivity index is 1.55. The van der Waals surface area contributed by atoms with E-state index >= 15 is 0 Å². The van der Waals surface area contributed by atoms with Crippen LogP contribution in [-0.4, -0.2) is 35.3 Å². The average molecular weight is 392 g/mol. The summed E-state index contributed by atoms with van der Waals surface area (Å²) < 4.78 is 9.41. The Morgan fingerprint density at radius 3 is 2.72 bits per heavy atom. The van der Waals surface area contributed by atoms with Crippen LogP contribution in [0.1, 0.15) is 19.6 Å². The highest BCUT2D eigenvalue weighted by molar-refractivity contribution is 5.71. The summed E-state index contributed by atoms with van der Waals surface area (Å²) in [6, 6.07) is 9.58. The smallest absolute Gasteiger partial charge is 0.137 e. The summed E-state index contributed by atoms with van der Waals surface area (Å²) in [7, 11) is 1.87. The number of furan rings is 1. The lowest BCUT2D eigenvalue weighted by Gasteiger charge is -2.16. The molecule has 0 aliphatic rings. The van der Waals surface area contributed by atoms with E-state index < -0.39 is 5.60 Å². The van der Waals surface area contributed by atoms with Gasteiger partial charge in [-0.3, -0.25) is 14.3 Å². The van der Waals surface area contributed by atoms with Crippen LogP contribution in [0.4, 0.5) is 5.69 Å². The van der Waals surface area contributed by atoms with Crippen LogP contribution < -0.4 is 5.32 Å². The quantitative estimate of drug-likeness (QED) is 0.501. The third-order valence-electron chi connectivity index (χ3n) is 4.32. The van der Waals surface area contributed by atoms with Crippen molar-refractivity contribution in [3.63, 3.8) is 0 Å². The van der Waals surface area contributed by atoms with Gasteiger partial charge in [0.1, 0.15) is 17.2 Å². The van der Waals surface area contributed by atoms with Crippen LogP contribution in [0, 0.1) is 0 Å². The number of aryl methyl sites for hydroxylation is 1. The summed E-state index contributed by atoms with van der Waals surface area (Å²) in [6.45, 7) is 4.38. The third-order valence-corrected chi connectivity index (χ3v) is 4.32. The largest absolute Gasteiger partial charge is 0.459 e. The molecule has 4 rings (SSSR count). The highest BCUT2D eigenvalue weighted by Gasteiger charge is 2.18. The third kappa shape index (κ3) is 4.55. The summed E-state index contributed by atoms with van der Waals surface area (Å²) in [6.07, 6.45) is 7.31. The zero-order valence-corrected chi connectivity index (χ0v) is 16.7. The summed E-state index contributed by atoms with van der Waals surface area (Å²) >= 11 is 0. The lowest BCUT2D eigenvalue weighted by atomic mass is 10.1. The number of aliphatic hydroxyl groups is 1. The molecule has 0 amide bonds. The first-order chi connectivity index (χ1) is 13.9. The van der Waals surface area contributed by atoms with Gasteiger partial charge in [-0.05, 0) is 38.1 Å². The molecular formula is C21H24N6O2. The minimum Gasteiger partial charge on any atom is -0.459 e. The predicted molar refractivity (Wildman–Crippen MR) is 110 cm³/mol. The zero-order valence-electron chi connectivity index (χ0n) is 16.7. The molecule has 2 N–H and O–H groups in total. The summed E-state index contributed by atoms with van der Waals surface area (Å²) in [5, 5.41) is 22.3. The van der Waals surface area contributed by atoms with Gasteiger partial charge < -0.3 is 14.8 Å². The number of rotatable bonds is 7. The van der Waals surface area contributed by atoms with E-state index in [9.17, 15) is 5.11 Å². The molecule has 0 aliphatic heterocycles. The molecule has 0 spiro atoms. The maximum Gasteiger partial charge on any atom is 0.137 e. The van der Waals surface area contributed by atoms with Gasteiger partial charge in [0.25, 0.3) is 0 Å². The SMILES string of the molecule is Cn1cc(-c2ccc(CNc3cn(CC(C)(C)O)nc3-c3ccccn3)o2)cn1. The molecule has 29 heavy (non-hydrogen) atoms. The number of anilines is 1. The van der Waals surface area contributed by atoms with Crippen molar-refractivity contribution in [2.75, 3.05) is 5.32 Å². The number of hydrogen-bond acceptors (Lipinski definition) is 6. The molecule has 0 radical (unpaired) electrons. The maximum atomic E-state index is 10.1. The topological polar surface area (TPSA) is 93.9 Å². The van der Waals surface area contributed by atoms with E-state index in [2.05, 4.69) is 20.5 Å². The van der Waals surface area contributed by atoms with Crippen LogP contribution in [0.2, 0.25) is 0 Å². The second kappa shape index (κ2) is 7.56. The van der Waals surface area contributed by atoms with Gasteiger partial charge in [-0.2, -0.15) is 10.2 Å². The molecule has 0 unspecified atom stereocenters. The molecule has 8 nitrogen and oxygen atoms in total. The van der Waals surface area contributed by atoms with Crippen LogP contribution in [0.3, 0.4) is 0 Å². The van der Waals surface area contributed by atoms with Gasteiger partial charge in [0, 0.05) is 25.6 Å². The van der Waals surface area contributed by atoms with E-state index in [1.165, 1.54) is 0 Å². The standard InChI is InChI=1S/C21H24N6O2/c1-21(2,28)14-27-13-18(20(25-27)17-6-4-5-9-22-17)23-11-16-7-8-19(29-16)15-10-24-26(3)12-15/h4-10,12-13,23,28H,11,14H2,1-3H3. The maximum absolute atomic E-state index is 10.1. The minimum absolute atomic E-state index is 0.375. The van der Waals surface area contributed by atoms with Gasteiger partial charge in [0.05, 0.1) is 41.8 Å². The Morgan fingerprint density at radius 2 is 2.03 bits per heavy atom. The van der Waals surface area contributed by atoms with Crippen molar-refractivity contribution < 1.29 is 9.52 Å². The Hall–Kier alpha value is -3.39. The monoisotopic (exact) mass is 392 g/mol. The van der Waals surface area contributed by atoms with E-state index in [1.54, 1.807) is 35.6 Å². The molecule has 4 heterocycles. The van der Waals surface area contributed by atoms with Gasteiger partial charge in [-0.25, -0.2) is 0 Å². The van der Waals surface area contributed by atoms with Gasteiger partial charge in [-0.15, -0.1) is 0 Å². The fourth-order valence-corrected chi connectivity index (χ4v) is 3.08. The van der Waals surface area contributed by atoms with E-state index in [1.807, 2.05) is 49.8 Å². The highest BCUT2D eigenvalue weighted by Crippen LogP contribution is 2.27. The molecule has 8 heteroatoms. The van der Waals surface area contributed by atoms with E-state index in [0.717, 1.165) is 34.2 Å². The van der Waals surface area contributed by atoms with Gasteiger partial charge in [-0.1, -0.05) is 6.07 Å². The number of aromatic nitrogens is 5. The fourth-order valence-electron chi connectivity index (χ4n) is 3.08. The fraction of sp³-hybridized carbons (Fsp3) is 0.286. The van der Waals surface area contributed by atoms with E-state index in [-0.39, 0.29) is 0 Å². The van der Waals surface area contributed by atoms with Crippen molar-refractivity contribution in [1.82, 2.24) is 24.5 Å². The highest BCUT2D eigenvalue weighted by atomic mass is 16.3. The van der Waals surface area contributed by atoms with Crippen molar-refractivity contribution in [2.24, 2.45) is 7.05 Å². The molecule has 0 saturated heterocycles. The molecule has 150 valence electrons. The summed E-state index contributed by atoms with van der Waals surface area (Å²) in [5.41, 5.74) is 2.39. The van der Waals surface area contributed by atoms with Crippen molar-refractivity contribution in [2.45, 2.75) is 32.5 Å². The summed E-state index contributed by atoms with van der Waals surface area (Å²) in [4.78, 5) is 4.41. The minimum atomic E-state index is -0.871. The van der Waals surface area contributed by atoms with E-state index in [4.69, 9.17) is 4.42 Å². The molecule has 0 aliphatic carbocycles. The van der Waals surface area contributed by atoms with Crippen molar-refractivity contribution in [1.29, 1.82) is 0 Å². The second-order valence-corrected chi connectivity index (χ2v) is 7.64. The number of nitrogens with one attached hydrogen (secondary N) is 1. The Morgan fingerprint density at radius 1 is 1.17 bits per heavy atom. The molecule has 0 bridgehead atoms. The lowest BCUT2D eigenvalue weighted by Crippen LogP contribution is -2.26. The molecule has 0 fully saturated rings. The number of pyridine rings is 1. The molecular weight excluding hydrogens is 368 g/mol. The molecule has 0 atom stereocenters. The molecule has 0 saturated carbocycles. The number of nitrogens with zero attached hydrogens (tertiary/aromatic N) is 5. The normalized spacial score (nSPS) is 11.7. The average Bonchev–Trinajstić information content (AvgIpc) is 3.39. The Bertz CT molecular complexity index is 1090. The second-order valence-electron chi connectivity index (χ2n) is 7.64. The van der Waals surface area contributed by atoms with Crippen LogP contribution >= 0.6 is 0 Å². The van der Waals surface area contributed by atoms with Crippen molar-refractivity contribution >= 4 is 5.69 Å². The van der Waals surface area contributed by atoms with Gasteiger partial charge in [0.15, 0.2) is 0 Å². The molecule has 4 aromatic rings. The van der Waals surface area contributed by atoms with Crippen LogP contribution in [0.5, 0.6) is 0 Å². The van der Waals surface area contributed by atoms with Crippen LogP contribution in [0.15, 0.2) is 59.5 Å². The van der Waals surface area contributed by atoms with Crippen molar-refractivity contribution in [3.8, 4) is 22.7 Å². The first-order valence-electron chi connectivity index (χ1n) is 9.40. The first kappa shape index (κ1) is 18.9. The summed E-state index contributed by atoms with van der Waals surface area (Å²) in [5.74, 6) is 1.57. The first-order valence-corrected chi connectivity index (χ1v) is 9.40. The lowest BCUT2D eigenvalue weighted by molar-refractivity contribution is 0.0578. The molecule has 0 aromatic carbocycles. The number of hydrogen-bond donors (Lipinski definition) is 2. The van der Waals surface area contributed by atoms with Gasteiger partial charge in [0.2, 0.25) is 0 Å². The Kier molecular flexibility index (Phi) is 4.94. The predicted octanol–water partition coefficient (Wildman–Crippen LogP) is 3.32. The molecule has 4 aromatic heterocycles.